The molecule has 0 saturated carbocycles. The maximum Gasteiger partial charge on any atom is 0.446 e. The Hall–Kier alpha value is -2.77. The fourth-order valence-corrected chi connectivity index (χ4v) is 6.36. The summed E-state index contributed by atoms with van der Waals surface area (Å²) in [7, 11) is -0.257. The van der Waals surface area contributed by atoms with Crippen LogP contribution < -0.4 is 0 Å². The molecule has 1 atom stereocenters. The first-order valence-electron chi connectivity index (χ1n) is 10.2. The van der Waals surface area contributed by atoms with Gasteiger partial charge in [0.05, 0.1) is 5.56 Å². The van der Waals surface area contributed by atoms with Gasteiger partial charge in [-0.2, -0.15) is 13.2 Å². The minimum atomic E-state index is -4.34. The molecule has 0 aliphatic rings. The molecule has 1 heterocycles. The van der Waals surface area contributed by atoms with Crippen molar-refractivity contribution in [3.05, 3.63) is 94.9 Å². The van der Waals surface area contributed by atoms with Crippen LogP contribution in [0.15, 0.2) is 83.1 Å². The second-order valence-corrected chi connectivity index (χ2v) is 11.1. The third-order valence-corrected chi connectivity index (χ3v) is 8.22. The number of benzene rings is 3. The zero-order valence-electron chi connectivity index (χ0n) is 18.3. The smallest absolute Gasteiger partial charge is 0.446 e. The summed E-state index contributed by atoms with van der Waals surface area (Å²) in [5.74, 6) is -0.479. The largest absolute Gasteiger partial charge is 0.451 e. The van der Waals surface area contributed by atoms with Crippen LogP contribution in [0, 0.1) is 6.92 Å². The predicted octanol–water partition coefficient (Wildman–Crippen LogP) is 8.59. The third-order valence-electron chi connectivity index (χ3n) is 5.30. The van der Waals surface area contributed by atoms with Crippen LogP contribution in [0.3, 0.4) is 0 Å². The van der Waals surface area contributed by atoms with E-state index < -0.39 is 17.1 Å². The molecule has 4 rings (SSSR count). The van der Waals surface area contributed by atoms with Gasteiger partial charge in [0, 0.05) is 32.4 Å². The van der Waals surface area contributed by atoms with Crippen molar-refractivity contribution in [2.75, 3.05) is 0 Å². The molecule has 0 fully saturated rings. The summed E-state index contributed by atoms with van der Waals surface area (Å²) in [6, 6.07) is 21.6. The summed E-state index contributed by atoms with van der Waals surface area (Å²) in [6.07, 6.45) is 0. The topological polar surface area (TPSA) is 26.3 Å². The average Bonchev–Trinajstić information content (AvgIpc) is 3.10. The number of ether oxygens (including phenoxy) is 1. The lowest BCUT2D eigenvalue weighted by molar-refractivity contribution is -0.0328. The molecule has 0 amide bonds. The summed E-state index contributed by atoms with van der Waals surface area (Å²) in [5.41, 5.74) is -3.08. The molecule has 7 heteroatoms. The minimum Gasteiger partial charge on any atom is -0.451 e. The van der Waals surface area contributed by atoms with Crippen LogP contribution in [0.5, 0.6) is 0 Å². The molecule has 0 N–H and O–H groups in total. The van der Waals surface area contributed by atoms with E-state index in [-0.39, 0.29) is 27.1 Å². The Morgan fingerprint density at radius 1 is 0.939 bits per heavy atom. The van der Waals surface area contributed by atoms with Crippen LogP contribution in [-0.4, -0.2) is 11.5 Å². The van der Waals surface area contributed by atoms with E-state index in [1.807, 2.05) is 30.3 Å². The maximum atomic E-state index is 13.0. The second-order valence-electron chi connectivity index (χ2n) is 8.13. The molecule has 0 aliphatic carbocycles. The van der Waals surface area contributed by atoms with Crippen molar-refractivity contribution in [1.82, 2.24) is 0 Å². The van der Waals surface area contributed by atoms with Gasteiger partial charge in [0.15, 0.2) is 9.60 Å². The Bertz CT molecular complexity index is 1310. The van der Waals surface area contributed by atoms with Crippen molar-refractivity contribution >= 4 is 38.3 Å². The van der Waals surface area contributed by atoms with Gasteiger partial charge in [-0.15, -0.1) is 0 Å². The summed E-state index contributed by atoms with van der Waals surface area (Å²) >= 11 is -0.172. The van der Waals surface area contributed by atoms with Gasteiger partial charge in [0.2, 0.25) is 0 Å². The molecular formula is C26H22F3O2S2+. The summed E-state index contributed by atoms with van der Waals surface area (Å²) in [5, 5.41) is 3.45. The molecule has 0 saturated heterocycles. The number of carbonyl (C=O) groups excluding carboxylic acids is 1. The lowest BCUT2D eigenvalue weighted by Crippen LogP contribution is -2.25. The summed E-state index contributed by atoms with van der Waals surface area (Å²) < 4.78 is 44.7. The standard InChI is InChI=1S/C26H22F3O2S2/c1-17-16-33(23-10-5-4-9-22(17)23)21-8-6-7-18(15-21)24(30)31-25(2,3)19-11-13-20(14-12-19)32-26(27,28)29/h4-16H,1-3H3/q+1. The van der Waals surface area contributed by atoms with Crippen LogP contribution >= 0.6 is 22.2 Å². The van der Waals surface area contributed by atoms with E-state index in [4.69, 9.17) is 4.74 Å². The fraction of sp³-hybridized carbons (Fsp3) is 0.192. The van der Waals surface area contributed by atoms with Gasteiger partial charge in [-0.1, -0.05) is 30.3 Å². The number of carbonyl (C=O) groups is 1. The Morgan fingerprint density at radius 3 is 2.33 bits per heavy atom. The normalized spacial score (nSPS) is 12.7. The highest BCUT2D eigenvalue weighted by Crippen LogP contribution is 2.42. The lowest BCUT2D eigenvalue weighted by atomic mass is 9.98. The molecule has 33 heavy (non-hydrogen) atoms. The first-order chi connectivity index (χ1) is 15.5. The van der Waals surface area contributed by atoms with Crippen molar-refractivity contribution in [3.63, 3.8) is 0 Å². The zero-order chi connectivity index (χ0) is 23.8. The molecule has 1 aromatic heterocycles. The second kappa shape index (κ2) is 8.88. The van der Waals surface area contributed by atoms with Gasteiger partial charge in [0.1, 0.15) is 11.0 Å². The number of thiophene rings is 1. The number of hydrogen-bond acceptors (Lipinski definition) is 3. The van der Waals surface area contributed by atoms with Gasteiger partial charge in [-0.05, 0) is 74.5 Å². The van der Waals surface area contributed by atoms with E-state index in [9.17, 15) is 18.0 Å². The molecule has 1 unspecified atom stereocenters. The van der Waals surface area contributed by atoms with Crippen LogP contribution in [-0.2, 0) is 10.3 Å². The molecule has 0 bridgehead atoms. The van der Waals surface area contributed by atoms with Crippen LogP contribution in [0.4, 0.5) is 13.2 Å². The number of fused-ring (bicyclic) bond motifs is 1. The first-order valence-corrected chi connectivity index (χ1v) is 12.3. The zero-order valence-corrected chi connectivity index (χ0v) is 19.9. The molecule has 2 nitrogen and oxygen atoms in total. The maximum absolute atomic E-state index is 13.0. The van der Waals surface area contributed by atoms with Gasteiger partial charge in [-0.25, -0.2) is 4.79 Å². The van der Waals surface area contributed by atoms with Gasteiger partial charge in [0.25, 0.3) is 0 Å². The third kappa shape index (κ3) is 5.25. The van der Waals surface area contributed by atoms with Crippen molar-refractivity contribution in [2.45, 2.75) is 36.8 Å². The Morgan fingerprint density at radius 2 is 1.64 bits per heavy atom. The quantitative estimate of drug-likeness (QED) is 0.160. The van der Waals surface area contributed by atoms with Crippen molar-refractivity contribution in [2.24, 2.45) is 0 Å². The monoisotopic (exact) mass is 487 g/mol. The number of thioether (sulfide) groups is 1. The van der Waals surface area contributed by atoms with Crippen LogP contribution in [0.2, 0.25) is 0 Å². The van der Waals surface area contributed by atoms with Gasteiger partial charge >= 0.3 is 11.5 Å². The average molecular weight is 488 g/mol. The number of esters is 1. The van der Waals surface area contributed by atoms with E-state index in [1.165, 1.54) is 27.8 Å². The van der Waals surface area contributed by atoms with E-state index in [1.54, 1.807) is 32.0 Å². The molecule has 0 radical (unpaired) electrons. The molecule has 170 valence electrons. The molecule has 3 aromatic carbocycles. The Balaban J connectivity index is 1.56. The Kier molecular flexibility index (Phi) is 6.29. The van der Waals surface area contributed by atoms with Gasteiger partial charge in [-0.3, -0.25) is 0 Å². The lowest BCUT2D eigenvalue weighted by Gasteiger charge is -2.26. The van der Waals surface area contributed by atoms with Crippen LogP contribution in [0.25, 0.3) is 15.0 Å². The van der Waals surface area contributed by atoms with Crippen molar-refractivity contribution in [1.29, 1.82) is 0 Å². The van der Waals surface area contributed by atoms with Crippen molar-refractivity contribution in [3.8, 4) is 4.90 Å². The van der Waals surface area contributed by atoms with Gasteiger partial charge < -0.3 is 4.74 Å². The Labute approximate surface area is 197 Å². The highest BCUT2D eigenvalue weighted by atomic mass is 32.2. The first kappa shape index (κ1) is 23.4. The molecular weight excluding hydrogens is 465 g/mol. The summed E-state index contributed by atoms with van der Waals surface area (Å²) in [6.45, 7) is 5.54. The van der Waals surface area contributed by atoms with E-state index in [0.717, 1.165) is 4.90 Å². The molecule has 0 aliphatic heterocycles. The van der Waals surface area contributed by atoms with E-state index >= 15 is 0 Å². The molecule has 4 aromatic rings. The van der Waals surface area contributed by atoms with E-state index in [0.29, 0.717) is 11.1 Å². The van der Waals surface area contributed by atoms with E-state index in [2.05, 4.69) is 24.4 Å². The van der Waals surface area contributed by atoms with Crippen LogP contribution in [0.1, 0.15) is 35.3 Å². The number of aryl methyl sites for hydroxylation is 1. The molecule has 0 spiro atoms. The highest BCUT2D eigenvalue weighted by Gasteiger charge is 2.30. The highest BCUT2D eigenvalue weighted by molar-refractivity contribution is 8.00. The van der Waals surface area contributed by atoms with Crippen molar-refractivity contribution < 1.29 is 22.7 Å². The number of halogens is 3. The number of hydrogen-bond donors (Lipinski definition) is 0. The number of rotatable bonds is 5. The minimum absolute atomic E-state index is 0.0854. The predicted molar refractivity (Wildman–Crippen MR) is 129 cm³/mol. The summed E-state index contributed by atoms with van der Waals surface area (Å²) in [4.78, 5) is 14.1. The SMILES string of the molecule is Cc1c[s+](-c2cccc(C(=O)OC(C)(C)c3ccc(SC(F)(F)F)cc3)c2)c2ccccc12. The fourth-order valence-electron chi connectivity index (χ4n) is 3.65. The number of alkyl halides is 3.